The molecule has 1 aliphatic heterocycles. The maximum Gasteiger partial charge on any atom is 0.182 e. The first-order valence-electron chi connectivity index (χ1n) is 11.2. The van der Waals surface area contributed by atoms with Gasteiger partial charge in [-0.25, -0.2) is 9.07 Å². The average Bonchev–Trinajstić information content (AvgIpc) is 3.21. The quantitative estimate of drug-likeness (QED) is 0.435. The molecule has 0 radical (unpaired) electrons. The lowest BCUT2D eigenvalue weighted by atomic mass is 10.0. The van der Waals surface area contributed by atoms with Gasteiger partial charge in [-0.15, -0.1) is 10.2 Å². The Hall–Kier alpha value is -2.87. The predicted octanol–water partition coefficient (Wildman–Crippen LogP) is 4.51. The number of hydrogen-bond acceptors (Lipinski definition) is 5. The number of benzene rings is 2. The molecule has 0 bridgehead atoms. The monoisotopic (exact) mass is 464 g/mol. The number of piperazine rings is 1. The first-order valence-corrected chi connectivity index (χ1v) is 11.5. The van der Waals surface area contributed by atoms with E-state index in [2.05, 4.69) is 27.0 Å². The summed E-state index contributed by atoms with van der Waals surface area (Å²) < 4.78 is 15.9. The van der Waals surface area contributed by atoms with Crippen molar-refractivity contribution in [2.24, 2.45) is 0 Å². The fourth-order valence-electron chi connectivity index (χ4n) is 4.25. The first kappa shape index (κ1) is 21.9. The molecule has 6 nitrogen and oxygen atoms in total. The van der Waals surface area contributed by atoms with Gasteiger partial charge in [-0.05, 0) is 37.7 Å². The molecule has 1 saturated heterocycles. The normalized spacial score (nSPS) is 15.4. The molecule has 1 aliphatic rings. The molecule has 2 aromatic heterocycles. The summed E-state index contributed by atoms with van der Waals surface area (Å²) in [6.45, 7) is 7.48. The van der Waals surface area contributed by atoms with E-state index in [-0.39, 0.29) is 5.82 Å². The van der Waals surface area contributed by atoms with Crippen LogP contribution in [0.3, 0.4) is 0 Å². The van der Waals surface area contributed by atoms with Crippen molar-refractivity contribution in [1.82, 2.24) is 29.8 Å². The van der Waals surface area contributed by atoms with Crippen LogP contribution < -0.4 is 0 Å². The van der Waals surface area contributed by atoms with Crippen LogP contribution in [-0.4, -0.2) is 69.5 Å². The van der Waals surface area contributed by atoms with Crippen LogP contribution in [-0.2, 0) is 6.54 Å². The van der Waals surface area contributed by atoms with Gasteiger partial charge in [0.05, 0.1) is 17.0 Å². The Labute approximate surface area is 197 Å². The second-order valence-electron chi connectivity index (χ2n) is 8.61. The Balaban J connectivity index is 1.59. The minimum absolute atomic E-state index is 0.242. The van der Waals surface area contributed by atoms with Gasteiger partial charge in [-0.1, -0.05) is 41.9 Å². The highest BCUT2D eigenvalue weighted by molar-refractivity contribution is 6.38. The fraction of sp³-hybridized carbons (Fsp3) is 0.320. The van der Waals surface area contributed by atoms with E-state index in [1.165, 1.54) is 6.07 Å². The average molecular weight is 465 g/mol. The van der Waals surface area contributed by atoms with Gasteiger partial charge >= 0.3 is 0 Å². The topological polar surface area (TPSA) is 50.1 Å². The zero-order valence-corrected chi connectivity index (χ0v) is 19.6. The second kappa shape index (κ2) is 9.17. The van der Waals surface area contributed by atoms with E-state index < -0.39 is 0 Å². The first-order chi connectivity index (χ1) is 16.0. The van der Waals surface area contributed by atoms with Crippen molar-refractivity contribution in [2.75, 3.05) is 39.8 Å². The minimum atomic E-state index is -0.242. The molecule has 5 rings (SSSR count). The lowest BCUT2D eigenvalue weighted by molar-refractivity contribution is 0.149. The van der Waals surface area contributed by atoms with Crippen molar-refractivity contribution in [3.63, 3.8) is 0 Å². The number of halogens is 2. The molecular weight excluding hydrogens is 439 g/mol. The van der Waals surface area contributed by atoms with Gasteiger partial charge in [0.15, 0.2) is 5.65 Å². The van der Waals surface area contributed by atoms with Gasteiger partial charge in [0.2, 0.25) is 0 Å². The minimum Gasteiger partial charge on any atom is -0.304 e. The van der Waals surface area contributed by atoms with Crippen LogP contribution in [0.5, 0.6) is 0 Å². The lowest BCUT2D eigenvalue weighted by Crippen LogP contribution is -2.45. The molecule has 0 spiro atoms. The van der Waals surface area contributed by atoms with E-state index >= 15 is 0 Å². The smallest absolute Gasteiger partial charge is 0.182 e. The van der Waals surface area contributed by atoms with Crippen LogP contribution in [0.15, 0.2) is 48.5 Å². The molecule has 0 amide bonds. The van der Waals surface area contributed by atoms with E-state index in [1.54, 1.807) is 19.1 Å². The Bertz CT molecular complexity index is 1280. The standard InChI is InChI=1S/C25H26ClFN6/c1-17-16-19(8-9-20(17)27)23-21-22(26)24(18-6-4-3-5-7-18)28-29-25(21)33(30-23)15-14-32-12-10-31(2)11-13-32/h3-9,16H,10-15H2,1-2H3. The molecule has 1 fully saturated rings. The zero-order chi connectivity index (χ0) is 22.9. The zero-order valence-electron chi connectivity index (χ0n) is 18.8. The summed E-state index contributed by atoms with van der Waals surface area (Å²) in [7, 11) is 2.15. The number of nitrogens with zero attached hydrogens (tertiary/aromatic N) is 6. The third kappa shape index (κ3) is 4.36. The molecule has 3 heterocycles. The Morgan fingerprint density at radius 3 is 2.39 bits per heavy atom. The Morgan fingerprint density at radius 2 is 1.67 bits per heavy atom. The Morgan fingerprint density at radius 1 is 0.909 bits per heavy atom. The van der Waals surface area contributed by atoms with Crippen LogP contribution >= 0.6 is 11.6 Å². The molecule has 0 N–H and O–H groups in total. The molecule has 0 unspecified atom stereocenters. The summed E-state index contributed by atoms with van der Waals surface area (Å²) in [5.74, 6) is -0.242. The van der Waals surface area contributed by atoms with Crippen LogP contribution in [0.1, 0.15) is 5.56 Å². The van der Waals surface area contributed by atoms with Crippen molar-refractivity contribution >= 4 is 22.6 Å². The second-order valence-corrected chi connectivity index (χ2v) is 8.99. The van der Waals surface area contributed by atoms with Crippen molar-refractivity contribution in [1.29, 1.82) is 0 Å². The molecule has 4 aromatic rings. The van der Waals surface area contributed by atoms with E-state index in [0.29, 0.717) is 34.2 Å². The maximum absolute atomic E-state index is 14.0. The lowest BCUT2D eigenvalue weighted by Gasteiger charge is -2.32. The van der Waals surface area contributed by atoms with Crippen LogP contribution in [0.25, 0.3) is 33.5 Å². The van der Waals surface area contributed by atoms with Gasteiger partial charge < -0.3 is 4.90 Å². The summed E-state index contributed by atoms with van der Waals surface area (Å²) >= 11 is 6.93. The van der Waals surface area contributed by atoms with Crippen molar-refractivity contribution < 1.29 is 4.39 Å². The molecule has 0 aliphatic carbocycles. The third-order valence-electron chi connectivity index (χ3n) is 6.30. The van der Waals surface area contributed by atoms with E-state index in [1.807, 2.05) is 35.0 Å². The van der Waals surface area contributed by atoms with Crippen molar-refractivity contribution in [3.05, 3.63) is 64.9 Å². The van der Waals surface area contributed by atoms with Crippen LogP contribution in [0.2, 0.25) is 5.02 Å². The number of fused-ring (bicyclic) bond motifs is 1. The van der Waals surface area contributed by atoms with E-state index in [4.69, 9.17) is 16.7 Å². The SMILES string of the molecule is Cc1cc(-c2nn(CCN3CCN(C)CC3)c3nnc(-c4ccccc4)c(Cl)c23)ccc1F. The summed E-state index contributed by atoms with van der Waals surface area (Å²) in [6.07, 6.45) is 0. The molecule has 170 valence electrons. The number of rotatable bonds is 5. The summed E-state index contributed by atoms with van der Waals surface area (Å²) in [4.78, 5) is 4.77. The van der Waals surface area contributed by atoms with Gasteiger partial charge in [0.25, 0.3) is 0 Å². The number of aromatic nitrogens is 4. The summed E-state index contributed by atoms with van der Waals surface area (Å²) in [6, 6.07) is 14.8. The van der Waals surface area contributed by atoms with Gasteiger partial charge in [-0.3, -0.25) is 4.90 Å². The van der Waals surface area contributed by atoms with Crippen LogP contribution in [0.4, 0.5) is 4.39 Å². The highest BCUT2D eigenvalue weighted by Gasteiger charge is 2.22. The highest BCUT2D eigenvalue weighted by Crippen LogP contribution is 2.37. The number of likely N-dealkylation sites (N-methyl/N-ethyl adjacent to an activating group) is 1. The van der Waals surface area contributed by atoms with E-state index in [9.17, 15) is 4.39 Å². The number of hydrogen-bond donors (Lipinski definition) is 0. The molecule has 2 aromatic carbocycles. The van der Waals surface area contributed by atoms with Crippen LogP contribution in [0, 0.1) is 12.7 Å². The van der Waals surface area contributed by atoms with Gasteiger partial charge in [0, 0.05) is 43.9 Å². The van der Waals surface area contributed by atoms with Crippen molar-refractivity contribution in [2.45, 2.75) is 13.5 Å². The molecule has 33 heavy (non-hydrogen) atoms. The number of aryl methyl sites for hydroxylation is 1. The van der Waals surface area contributed by atoms with E-state index in [0.717, 1.165) is 49.2 Å². The summed E-state index contributed by atoms with van der Waals surface area (Å²) in [5, 5.41) is 15.2. The predicted molar refractivity (Wildman–Crippen MR) is 130 cm³/mol. The third-order valence-corrected chi connectivity index (χ3v) is 6.67. The summed E-state index contributed by atoms with van der Waals surface area (Å²) in [5.41, 5.74) is 4.22. The molecule has 8 heteroatoms. The molecular formula is C25H26ClFN6. The highest BCUT2D eigenvalue weighted by atomic mass is 35.5. The molecule has 0 saturated carbocycles. The maximum atomic E-state index is 14.0. The molecule has 0 atom stereocenters. The van der Waals surface area contributed by atoms with Gasteiger partial charge in [0.1, 0.15) is 17.2 Å². The van der Waals surface area contributed by atoms with Crippen molar-refractivity contribution in [3.8, 4) is 22.5 Å². The Kier molecular flexibility index (Phi) is 6.10. The fourth-order valence-corrected chi connectivity index (χ4v) is 4.58. The van der Waals surface area contributed by atoms with Gasteiger partial charge in [-0.2, -0.15) is 5.10 Å². The largest absolute Gasteiger partial charge is 0.304 e.